The minimum Gasteiger partial charge on any atom is -0.317 e. The second kappa shape index (κ2) is 4.17. The van der Waals surface area contributed by atoms with Crippen LogP contribution >= 0.6 is 22.9 Å². The second-order valence-corrected chi connectivity index (χ2v) is 5.10. The molecule has 1 aromatic heterocycles. The molecule has 1 heterocycles. The molecular weight excluding hydrogens is 245 g/mol. The van der Waals surface area contributed by atoms with Crippen LogP contribution in [0.5, 0.6) is 0 Å². The Labute approximate surface area is 103 Å². The van der Waals surface area contributed by atoms with Gasteiger partial charge < -0.3 is 5.73 Å². The molecule has 2 N–H and O–H groups in total. The van der Waals surface area contributed by atoms with Crippen LogP contribution in [0.25, 0.3) is 0 Å². The standard InChI is InChI=1S/C12H11ClFNS/c1-12(15,11-9(13)6-7-16-11)8-4-2-3-5-10(8)14/h2-7H,15H2,1H3. The Bertz CT molecular complexity index is 507. The lowest BCUT2D eigenvalue weighted by Gasteiger charge is -2.25. The number of halogens is 2. The molecule has 16 heavy (non-hydrogen) atoms. The Hall–Kier alpha value is -0.900. The fourth-order valence-electron chi connectivity index (χ4n) is 1.67. The van der Waals surface area contributed by atoms with Crippen molar-refractivity contribution < 1.29 is 4.39 Å². The molecule has 1 atom stereocenters. The molecule has 2 rings (SSSR count). The van der Waals surface area contributed by atoms with Crippen LogP contribution in [0.1, 0.15) is 17.4 Å². The Kier molecular flexibility index (Phi) is 3.02. The summed E-state index contributed by atoms with van der Waals surface area (Å²) in [5.41, 5.74) is 5.76. The maximum Gasteiger partial charge on any atom is 0.128 e. The third-order valence-corrected chi connectivity index (χ3v) is 4.10. The highest BCUT2D eigenvalue weighted by molar-refractivity contribution is 7.10. The van der Waals surface area contributed by atoms with E-state index in [1.54, 1.807) is 31.2 Å². The normalized spacial score (nSPS) is 14.8. The van der Waals surface area contributed by atoms with Gasteiger partial charge in [-0.3, -0.25) is 0 Å². The molecule has 0 aliphatic carbocycles. The minimum atomic E-state index is -0.892. The Morgan fingerprint density at radius 1 is 1.31 bits per heavy atom. The molecule has 0 aliphatic heterocycles. The third kappa shape index (κ3) is 1.86. The quantitative estimate of drug-likeness (QED) is 0.869. The van der Waals surface area contributed by atoms with E-state index >= 15 is 0 Å². The van der Waals surface area contributed by atoms with Gasteiger partial charge in [0.15, 0.2) is 0 Å². The summed E-state index contributed by atoms with van der Waals surface area (Å²) in [4.78, 5) is 0.777. The van der Waals surface area contributed by atoms with Gasteiger partial charge in [0.2, 0.25) is 0 Å². The van der Waals surface area contributed by atoms with E-state index in [4.69, 9.17) is 17.3 Å². The van der Waals surface area contributed by atoms with Crippen molar-refractivity contribution in [2.45, 2.75) is 12.5 Å². The highest BCUT2D eigenvalue weighted by Gasteiger charge is 2.29. The third-order valence-electron chi connectivity index (χ3n) is 2.52. The molecule has 1 aromatic carbocycles. The van der Waals surface area contributed by atoms with E-state index in [1.165, 1.54) is 17.4 Å². The molecule has 0 radical (unpaired) electrons. The van der Waals surface area contributed by atoms with E-state index in [9.17, 15) is 4.39 Å². The van der Waals surface area contributed by atoms with Crippen molar-refractivity contribution in [1.29, 1.82) is 0 Å². The Balaban J connectivity index is 2.55. The largest absolute Gasteiger partial charge is 0.317 e. The number of hydrogen-bond donors (Lipinski definition) is 1. The molecule has 84 valence electrons. The van der Waals surface area contributed by atoms with Gasteiger partial charge in [0.25, 0.3) is 0 Å². The van der Waals surface area contributed by atoms with E-state index in [2.05, 4.69) is 0 Å². The van der Waals surface area contributed by atoms with Gasteiger partial charge in [-0.15, -0.1) is 11.3 Å². The molecule has 0 aliphatic rings. The molecule has 4 heteroatoms. The van der Waals surface area contributed by atoms with Gasteiger partial charge in [-0.25, -0.2) is 4.39 Å². The number of benzene rings is 1. The molecule has 0 saturated carbocycles. The molecule has 0 bridgehead atoms. The molecule has 0 saturated heterocycles. The van der Waals surface area contributed by atoms with Crippen LogP contribution in [0, 0.1) is 5.82 Å². The fraction of sp³-hybridized carbons (Fsp3) is 0.167. The number of hydrogen-bond acceptors (Lipinski definition) is 2. The summed E-state index contributed by atoms with van der Waals surface area (Å²) in [5, 5.41) is 2.43. The van der Waals surface area contributed by atoms with Gasteiger partial charge >= 0.3 is 0 Å². The summed E-state index contributed by atoms with van der Waals surface area (Å²) in [6.07, 6.45) is 0. The van der Waals surface area contributed by atoms with Crippen molar-refractivity contribution >= 4 is 22.9 Å². The van der Waals surface area contributed by atoms with Crippen LogP contribution in [0.4, 0.5) is 4.39 Å². The molecule has 0 amide bonds. The first-order chi connectivity index (χ1) is 7.53. The lowest BCUT2D eigenvalue weighted by atomic mass is 9.91. The van der Waals surface area contributed by atoms with Gasteiger partial charge in [0.05, 0.1) is 10.6 Å². The minimum absolute atomic E-state index is 0.308. The van der Waals surface area contributed by atoms with E-state index in [1.807, 2.05) is 5.38 Å². The summed E-state index contributed by atoms with van der Waals surface area (Å²) in [7, 11) is 0. The summed E-state index contributed by atoms with van der Waals surface area (Å²) >= 11 is 7.47. The Morgan fingerprint density at radius 3 is 2.56 bits per heavy atom. The second-order valence-electron chi connectivity index (χ2n) is 3.78. The predicted octanol–water partition coefficient (Wildman–Crippen LogP) is 3.76. The van der Waals surface area contributed by atoms with Crippen molar-refractivity contribution in [3.05, 3.63) is 57.0 Å². The van der Waals surface area contributed by atoms with Crippen molar-refractivity contribution in [1.82, 2.24) is 0 Å². The molecule has 2 aromatic rings. The number of rotatable bonds is 2. The van der Waals surface area contributed by atoms with Gasteiger partial charge in [0.1, 0.15) is 5.82 Å². The van der Waals surface area contributed by atoms with E-state index in [-0.39, 0.29) is 5.82 Å². The molecular formula is C12H11ClFNS. The van der Waals surface area contributed by atoms with Crippen LogP contribution in [-0.2, 0) is 5.54 Å². The highest BCUT2D eigenvalue weighted by Crippen LogP contribution is 2.36. The molecule has 1 unspecified atom stereocenters. The fourth-order valence-corrected chi connectivity index (χ4v) is 3.01. The zero-order valence-corrected chi connectivity index (χ0v) is 10.3. The first-order valence-electron chi connectivity index (χ1n) is 4.81. The zero-order chi connectivity index (χ0) is 11.8. The van der Waals surface area contributed by atoms with Crippen molar-refractivity contribution in [2.75, 3.05) is 0 Å². The van der Waals surface area contributed by atoms with Crippen LogP contribution < -0.4 is 5.73 Å². The lowest BCUT2D eigenvalue weighted by molar-refractivity contribution is 0.537. The highest BCUT2D eigenvalue weighted by atomic mass is 35.5. The number of thiophene rings is 1. The molecule has 1 nitrogen and oxygen atoms in total. The molecule has 0 fully saturated rings. The summed E-state index contributed by atoms with van der Waals surface area (Å²) in [6.45, 7) is 1.77. The summed E-state index contributed by atoms with van der Waals surface area (Å²) < 4.78 is 13.7. The van der Waals surface area contributed by atoms with Crippen LogP contribution in [0.2, 0.25) is 5.02 Å². The average Bonchev–Trinajstić information content (AvgIpc) is 2.65. The van der Waals surface area contributed by atoms with Crippen molar-refractivity contribution in [2.24, 2.45) is 5.73 Å². The van der Waals surface area contributed by atoms with Gasteiger partial charge in [-0.1, -0.05) is 29.8 Å². The first kappa shape index (κ1) is 11.6. The van der Waals surface area contributed by atoms with Crippen LogP contribution in [0.3, 0.4) is 0 Å². The van der Waals surface area contributed by atoms with Gasteiger partial charge in [-0.2, -0.15) is 0 Å². The van der Waals surface area contributed by atoms with Crippen molar-refractivity contribution in [3.8, 4) is 0 Å². The smallest absolute Gasteiger partial charge is 0.128 e. The Morgan fingerprint density at radius 2 is 2.00 bits per heavy atom. The molecule has 0 spiro atoms. The van der Waals surface area contributed by atoms with Crippen LogP contribution in [0.15, 0.2) is 35.7 Å². The van der Waals surface area contributed by atoms with Crippen LogP contribution in [-0.4, -0.2) is 0 Å². The number of nitrogens with two attached hydrogens (primary N) is 1. The maximum atomic E-state index is 13.7. The predicted molar refractivity (Wildman–Crippen MR) is 66.4 cm³/mol. The summed E-state index contributed by atoms with van der Waals surface area (Å²) in [6, 6.07) is 8.27. The average molecular weight is 256 g/mol. The lowest BCUT2D eigenvalue weighted by Crippen LogP contribution is -2.34. The van der Waals surface area contributed by atoms with Crippen molar-refractivity contribution in [3.63, 3.8) is 0 Å². The van der Waals surface area contributed by atoms with E-state index in [0.717, 1.165) is 4.88 Å². The first-order valence-corrected chi connectivity index (χ1v) is 6.06. The SMILES string of the molecule is CC(N)(c1ccccc1F)c1sccc1Cl. The van der Waals surface area contributed by atoms with E-state index in [0.29, 0.717) is 10.6 Å². The topological polar surface area (TPSA) is 26.0 Å². The maximum absolute atomic E-state index is 13.7. The van der Waals surface area contributed by atoms with Gasteiger partial charge in [-0.05, 0) is 24.4 Å². The van der Waals surface area contributed by atoms with E-state index < -0.39 is 5.54 Å². The summed E-state index contributed by atoms with van der Waals surface area (Å²) in [5.74, 6) is -0.308. The monoisotopic (exact) mass is 255 g/mol. The van der Waals surface area contributed by atoms with Gasteiger partial charge in [0, 0.05) is 10.4 Å². The zero-order valence-electron chi connectivity index (χ0n) is 8.71.